The van der Waals surface area contributed by atoms with E-state index in [1.807, 2.05) is 6.92 Å². The lowest BCUT2D eigenvalue weighted by Gasteiger charge is -2.28. The van der Waals surface area contributed by atoms with E-state index in [0.29, 0.717) is 16.8 Å². The molecule has 1 saturated heterocycles. The summed E-state index contributed by atoms with van der Waals surface area (Å²) in [6, 6.07) is 4.36. The molecule has 21 heavy (non-hydrogen) atoms. The Bertz CT molecular complexity index is 723. The fourth-order valence-corrected chi connectivity index (χ4v) is 3.44. The van der Waals surface area contributed by atoms with Crippen molar-refractivity contribution in [3.63, 3.8) is 0 Å². The van der Waals surface area contributed by atoms with Crippen molar-refractivity contribution in [2.24, 2.45) is 5.92 Å². The van der Waals surface area contributed by atoms with Crippen LogP contribution in [0, 0.1) is 18.7 Å². The first-order valence-corrected chi connectivity index (χ1v) is 7.69. The summed E-state index contributed by atoms with van der Waals surface area (Å²) >= 11 is 0. The molecule has 0 saturated carbocycles. The number of quaternary nitrogens is 1. The predicted octanol–water partition coefficient (Wildman–Crippen LogP) is 1.79. The molecule has 2 atom stereocenters. The molecule has 0 radical (unpaired) electrons. The van der Waals surface area contributed by atoms with E-state index >= 15 is 0 Å². The van der Waals surface area contributed by atoms with Gasteiger partial charge in [-0.2, -0.15) is 0 Å². The van der Waals surface area contributed by atoms with Crippen molar-refractivity contribution in [2.75, 3.05) is 13.1 Å². The van der Waals surface area contributed by atoms with Crippen LogP contribution in [0.5, 0.6) is 0 Å². The SMILES string of the molecule is Cc1[nH]c2ccc(F)cc2c(=O)c1C[NH+]1CCC[C@H](C)C1. The van der Waals surface area contributed by atoms with E-state index in [9.17, 15) is 9.18 Å². The first-order valence-electron chi connectivity index (χ1n) is 7.69. The second kappa shape index (κ2) is 5.60. The zero-order chi connectivity index (χ0) is 15.0. The lowest BCUT2D eigenvalue weighted by atomic mass is 9.99. The van der Waals surface area contributed by atoms with Gasteiger partial charge in [0.1, 0.15) is 12.4 Å². The number of halogens is 1. The predicted molar refractivity (Wildman–Crippen MR) is 82.1 cm³/mol. The normalized spacial score (nSPS) is 22.6. The lowest BCUT2D eigenvalue weighted by molar-refractivity contribution is -0.922. The Hall–Kier alpha value is -1.68. The minimum Gasteiger partial charge on any atom is -0.358 e. The Kier molecular flexibility index (Phi) is 3.81. The highest BCUT2D eigenvalue weighted by Crippen LogP contribution is 2.13. The van der Waals surface area contributed by atoms with E-state index in [4.69, 9.17) is 0 Å². The summed E-state index contributed by atoms with van der Waals surface area (Å²) in [4.78, 5) is 17.4. The van der Waals surface area contributed by atoms with Crippen LogP contribution in [-0.2, 0) is 6.54 Å². The molecule has 112 valence electrons. The highest BCUT2D eigenvalue weighted by Gasteiger charge is 2.22. The number of fused-ring (bicyclic) bond motifs is 1. The molecule has 1 fully saturated rings. The Morgan fingerprint density at radius 3 is 3.00 bits per heavy atom. The smallest absolute Gasteiger partial charge is 0.198 e. The summed E-state index contributed by atoms with van der Waals surface area (Å²) in [6.07, 6.45) is 2.50. The highest BCUT2D eigenvalue weighted by molar-refractivity contribution is 5.79. The number of rotatable bonds is 2. The maximum Gasteiger partial charge on any atom is 0.198 e. The number of nitrogens with one attached hydrogen (secondary N) is 2. The van der Waals surface area contributed by atoms with Gasteiger partial charge in [-0.1, -0.05) is 6.92 Å². The third-order valence-corrected chi connectivity index (χ3v) is 4.57. The van der Waals surface area contributed by atoms with Gasteiger partial charge in [0.05, 0.1) is 18.7 Å². The molecule has 0 aliphatic carbocycles. The van der Waals surface area contributed by atoms with E-state index in [0.717, 1.165) is 30.9 Å². The summed E-state index contributed by atoms with van der Waals surface area (Å²) in [6.45, 7) is 7.17. The highest BCUT2D eigenvalue weighted by atomic mass is 19.1. The minimum absolute atomic E-state index is 0.0218. The molecule has 2 heterocycles. The number of aromatic nitrogens is 1. The number of aromatic amines is 1. The largest absolute Gasteiger partial charge is 0.358 e. The van der Waals surface area contributed by atoms with Crippen LogP contribution in [0.3, 0.4) is 0 Å². The maximum atomic E-state index is 13.4. The van der Waals surface area contributed by atoms with Crippen molar-refractivity contribution >= 4 is 10.9 Å². The lowest BCUT2D eigenvalue weighted by Crippen LogP contribution is -3.12. The maximum absolute atomic E-state index is 13.4. The number of aryl methyl sites for hydroxylation is 1. The van der Waals surface area contributed by atoms with E-state index in [1.165, 1.54) is 29.9 Å². The number of benzene rings is 1. The standard InChI is InChI=1S/C17H21FN2O/c1-11-4-3-7-20(9-11)10-15-12(2)19-16-6-5-13(18)8-14(16)17(15)21/h5-6,8,11H,3-4,7,9-10H2,1-2H3,(H,19,21)/p+1/t11-/m0/s1. The fourth-order valence-electron chi connectivity index (χ4n) is 3.44. The van der Waals surface area contributed by atoms with Gasteiger partial charge < -0.3 is 9.88 Å². The van der Waals surface area contributed by atoms with Gasteiger partial charge in [-0.05, 0) is 38.0 Å². The average molecular weight is 289 g/mol. The summed E-state index contributed by atoms with van der Waals surface area (Å²) in [5.74, 6) is 0.354. The molecule has 2 aromatic rings. The van der Waals surface area contributed by atoms with E-state index < -0.39 is 0 Å². The average Bonchev–Trinajstić information content (AvgIpc) is 2.45. The van der Waals surface area contributed by atoms with E-state index in [2.05, 4.69) is 11.9 Å². The molecule has 1 aliphatic heterocycles. The molecular weight excluding hydrogens is 267 g/mol. The number of likely N-dealkylation sites (tertiary alicyclic amines) is 1. The molecule has 0 bridgehead atoms. The van der Waals surface area contributed by atoms with E-state index in [-0.39, 0.29) is 11.2 Å². The Morgan fingerprint density at radius 2 is 2.24 bits per heavy atom. The van der Waals surface area contributed by atoms with Gasteiger partial charge in [0.15, 0.2) is 5.43 Å². The molecule has 3 rings (SSSR count). The van der Waals surface area contributed by atoms with Gasteiger partial charge in [0, 0.05) is 22.5 Å². The number of pyridine rings is 1. The molecule has 4 heteroatoms. The van der Waals surface area contributed by atoms with Crippen LogP contribution in [0.25, 0.3) is 10.9 Å². The van der Waals surface area contributed by atoms with Gasteiger partial charge in [-0.25, -0.2) is 4.39 Å². The van der Waals surface area contributed by atoms with Gasteiger partial charge in [0.2, 0.25) is 0 Å². The van der Waals surface area contributed by atoms with Crippen molar-refractivity contribution < 1.29 is 9.29 Å². The monoisotopic (exact) mass is 289 g/mol. The third kappa shape index (κ3) is 2.86. The fraction of sp³-hybridized carbons (Fsp3) is 0.471. The zero-order valence-corrected chi connectivity index (χ0v) is 12.6. The Balaban J connectivity index is 2.00. The van der Waals surface area contributed by atoms with Crippen molar-refractivity contribution in [1.82, 2.24) is 4.98 Å². The van der Waals surface area contributed by atoms with Gasteiger partial charge in [-0.3, -0.25) is 4.79 Å². The van der Waals surface area contributed by atoms with Crippen LogP contribution in [0.4, 0.5) is 4.39 Å². The topological polar surface area (TPSA) is 37.3 Å². The van der Waals surface area contributed by atoms with Crippen molar-refractivity contribution in [1.29, 1.82) is 0 Å². The summed E-state index contributed by atoms with van der Waals surface area (Å²) in [5, 5.41) is 0.458. The van der Waals surface area contributed by atoms with Crippen LogP contribution in [0.1, 0.15) is 31.0 Å². The zero-order valence-electron chi connectivity index (χ0n) is 12.6. The second-order valence-electron chi connectivity index (χ2n) is 6.38. The molecule has 1 aromatic heterocycles. The molecular formula is C17H22FN2O+. The van der Waals surface area contributed by atoms with Crippen LogP contribution >= 0.6 is 0 Å². The molecule has 0 amide bonds. The number of H-pyrrole nitrogens is 1. The number of hydrogen-bond donors (Lipinski definition) is 2. The Labute approximate surface area is 123 Å². The third-order valence-electron chi connectivity index (χ3n) is 4.57. The van der Waals surface area contributed by atoms with E-state index in [1.54, 1.807) is 6.07 Å². The first kappa shape index (κ1) is 14.3. The van der Waals surface area contributed by atoms with Crippen LogP contribution < -0.4 is 10.3 Å². The summed E-state index contributed by atoms with van der Waals surface area (Å²) in [7, 11) is 0. The van der Waals surface area contributed by atoms with Crippen molar-refractivity contribution in [2.45, 2.75) is 33.2 Å². The molecule has 2 N–H and O–H groups in total. The van der Waals surface area contributed by atoms with Crippen molar-refractivity contribution in [3.05, 3.63) is 45.5 Å². The van der Waals surface area contributed by atoms with Gasteiger partial charge in [-0.15, -0.1) is 0 Å². The second-order valence-corrected chi connectivity index (χ2v) is 6.38. The van der Waals surface area contributed by atoms with Gasteiger partial charge >= 0.3 is 0 Å². The Morgan fingerprint density at radius 1 is 1.43 bits per heavy atom. The van der Waals surface area contributed by atoms with Crippen molar-refractivity contribution in [3.8, 4) is 0 Å². The molecule has 0 spiro atoms. The quantitative estimate of drug-likeness (QED) is 0.869. The molecule has 1 aromatic carbocycles. The first-order chi connectivity index (χ1) is 10.0. The number of hydrogen-bond acceptors (Lipinski definition) is 1. The van der Waals surface area contributed by atoms with Crippen LogP contribution in [0.15, 0.2) is 23.0 Å². The number of piperidine rings is 1. The summed E-state index contributed by atoms with van der Waals surface area (Å²) < 4.78 is 13.4. The van der Waals surface area contributed by atoms with Gasteiger partial charge in [0.25, 0.3) is 0 Å². The molecule has 1 unspecified atom stereocenters. The molecule has 3 nitrogen and oxygen atoms in total. The minimum atomic E-state index is -0.359. The van der Waals surface area contributed by atoms with Crippen LogP contribution in [-0.4, -0.2) is 18.1 Å². The summed E-state index contributed by atoms with van der Waals surface area (Å²) in [5.41, 5.74) is 2.40. The molecule has 1 aliphatic rings. The van der Waals surface area contributed by atoms with Crippen LogP contribution in [0.2, 0.25) is 0 Å².